The van der Waals surface area contributed by atoms with Crippen molar-refractivity contribution in [2.75, 3.05) is 6.54 Å². The first-order valence-electron chi connectivity index (χ1n) is 5.17. The van der Waals surface area contributed by atoms with Gasteiger partial charge in [-0.3, -0.25) is 4.68 Å². The first-order valence-corrected chi connectivity index (χ1v) is 5.96. The van der Waals surface area contributed by atoms with E-state index < -0.39 is 0 Å². The maximum atomic E-state index is 5.67. The fourth-order valence-corrected chi connectivity index (χ4v) is 2.46. The average molecular weight is 258 g/mol. The van der Waals surface area contributed by atoms with Crippen molar-refractivity contribution in [2.45, 2.75) is 38.1 Å². The molecule has 0 radical (unpaired) electrons. The molecule has 0 aromatic carbocycles. The van der Waals surface area contributed by atoms with Gasteiger partial charge in [0.1, 0.15) is 0 Å². The molecule has 1 unspecified atom stereocenters. The van der Waals surface area contributed by atoms with E-state index in [1.165, 1.54) is 25.0 Å². The lowest BCUT2D eigenvalue weighted by Gasteiger charge is -2.28. The molecule has 1 aromatic rings. The molecule has 78 valence electrons. The van der Waals surface area contributed by atoms with Crippen molar-refractivity contribution in [1.82, 2.24) is 9.78 Å². The Hall–Kier alpha value is -0.350. The van der Waals surface area contributed by atoms with Gasteiger partial charge in [-0.2, -0.15) is 5.10 Å². The van der Waals surface area contributed by atoms with Gasteiger partial charge < -0.3 is 5.73 Å². The summed E-state index contributed by atoms with van der Waals surface area (Å²) in [4.78, 5) is 0. The minimum atomic E-state index is 0.303. The van der Waals surface area contributed by atoms with Gasteiger partial charge in [-0.05, 0) is 35.7 Å². The van der Waals surface area contributed by atoms with Crippen molar-refractivity contribution in [3.63, 3.8) is 0 Å². The van der Waals surface area contributed by atoms with Crippen LogP contribution in [0.5, 0.6) is 0 Å². The molecule has 2 N–H and O–H groups in total. The van der Waals surface area contributed by atoms with Gasteiger partial charge in [0, 0.05) is 12.5 Å². The Kier molecular flexibility index (Phi) is 2.93. The standard InChI is InChI=1S/C10H16BrN3/c1-7(5-12)14-10(8-3-2-4-8)9(11)6-13-14/h6-8H,2-5,12H2,1H3. The van der Waals surface area contributed by atoms with Crippen LogP contribution in [0.2, 0.25) is 0 Å². The van der Waals surface area contributed by atoms with Gasteiger partial charge in [0.25, 0.3) is 0 Å². The van der Waals surface area contributed by atoms with Crippen molar-refractivity contribution < 1.29 is 0 Å². The van der Waals surface area contributed by atoms with E-state index in [-0.39, 0.29) is 0 Å². The molecule has 1 aromatic heterocycles. The Balaban J connectivity index is 2.30. The number of rotatable bonds is 3. The van der Waals surface area contributed by atoms with Crippen molar-refractivity contribution in [1.29, 1.82) is 0 Å². The third-order valence-corrected chi connectivity index (χ3v) is 3.65. The zero-order valence-electron chi connectivity index (χ0n) is 8.41. The molecule has 0 bridgehead atoms. The fourth-order valence-electron chi connectivity index (χ4n) is 1.87. The first-order chi connectivity index (χ1) is 6.74. The molecule has 0 saturated heterocycles. The lowest BCUT2D eigenvalue weighted by Crippen LogP contribution is -2.22. The molecule has 1 aliphatic rings. The van der Waals surface area contributed by atoms with E-state index in [9.17, 15) is 0 Å². The summed E-state index contributed by atoms with van der Waals surface area (Å²) in [6, 6.07) is 0.303. The summed E-state index contributed by atoms with van der Waals surface area (Å²) in [5.41, 5.74) is 7.01. The Labute approximate surface area is 92.8 Å². The molecule has 4 heteroatoms. The summed E-state index contributed by atoms with van der Waals surface area (Å²) in [5, 5.41) is 4.38. The van der Waals surface area contributed by atoms with E-state index in [0.29, 0.717) is 18.5 Å². The fraction of sp³-hybridized carbons (Fsp3) is 0.700. The quantitative estimate of drug-likeness (QED) is 0.904. The summed E-state index contributed by atoms with van der Waals surface area (Å²) in [6.45, 7) is 2.76. The molecule has 1 atom stereocenters. The van der Waals surface area contributed by atoms with Gasteiger partial charge in [-0.15, -0.1) is 0 Å². The van der Waals surface area contributed by atoms with E-state index in [4.69, 9.17) is 5.73 Å². The molecule has 0 spiro atoms. The van der Waals surface area contributed by atoms with Gasteiger partial charge in [0.05, 0.1) is 22.4 Å². The summed E-state index contributed by atoms with van der Waals surface area (Å²) in [5.74, 6) is 0.695. The third kappa shape index (κ3) is 1.61. The summed E-state index contributed by atoms with van der Waals surface area (Å²) < 4.78 is 3.22. The van der Waals surface area contributed by atoms with Crippen LogP contribution in [0.3, 0.4) is 0 Å². The average Bonchev–Trinajstić information content (AvgIpc) is 2.45. The highest BCUT2D eigenvalue weighted by atomic mass is 79.9. The Bertz CT molecular complexity index is 317. The van der Waals surface area contributed by atoms with Crippen LogP contribution in [-0.4, -0.2) is 16.3 Å². The van der Waals surface area contributed by atoms with E-state index >= 15 is 0 Å². The Morgan fingerprint density at radius 1 is 1.71 bits per heavy atom. The van der Waals surface area contributed by atoms with Crippen LogP contribution in [0.25, 0.3) is 0 Å². The summed E-state index contributed by atoms with van der Waals surface area (Å²) >= 11 is 3.57. The lowest BCUT2D eigenvalue weighted by molar-refractivity contribution is 0.369. The predicted octanol–water partition coefficient (Wildman–Crippen LogP) is 2.43. The number of aromatic nitrogens is 2. The van der Waals surface area contributed by atoms with E-state index in [0.717, 1.165) is 4.47 Å². The van der Waals surface area contributed by atoms with E-state index in [2.05, 4.69) is 32.6 Å². The smallest absolute Gasteiger partial charge is 0.0635 e. The van der Waals surface area contributed by atoms with Crippen LogP contribution >= 0.6 is 15.9 Å². The van der Waals surface area contributed by atoms with Gasteiger partial charge in [-0.1, -0.05) is 6.42 Å². The number of hydrogen-bond donors (Lipinski definition) is 1. The normalized spacial score (nSPS) is 19.4. The first kappa shape index (κ1) is 10.2. The third-order valence-electron chi connectivity index (χ3n) is 3.04. The molecule has 2 rings (SSSR count). The largest absolute Gasteiger partial charge is 0.328 e. The number of hydrogen-bond acceptors (Lipinski definition) is 2. The monoisotopic (exact) mass is 257 g/mol. The molecule has 1 saturated carbocycles. The lowest BCUT2D eigenvalue weighted by atomic mass is 9.83. The molecular weight excluding hydrogens is 242 g/mol. The number of nitrogens with zero attached hydrogens (tertiary/aromatic N) is 2. The highest BCUT2D eigenvalue weighted by Gasteiger charge is 2.26. The van der Waals surface area contributed by atoms with Crippen LogP contribution in [0.15, 0.2) is 10.7 Å². The second-order valence-electron chi connectivity index (χ2n) is 4.03. The number of nitrogens with two attached hydrogens (primary N) is 1. The van der Waals surface area contributed by atoms with Crippen LogP contribution < -0.4 is 5.73 Å². The van der Waals surface area contributed by atoms with Crippen molar-refractivity contribution in [2.24, 2.45) is 5.73 Å². The van der Waals surface area contributed by atoms with Crippen molar-refractivity contribution in [3.05, 3.63) is 16.4 Å². The molecule has 14 heavy (non-hydrogen) atoms. The molecule has 0 amide bonds. The molecule has 0 aliphatic heterocycles. The van der Waals surface area contributed by atoms with Gasteiger partial charge in [0.2, 0.25) is 0 Å². The van der Waals surface area contributed by atoms with Gasteiger partial charge in [-0.25, -0.2) is 0 Å². The highest BCUT2D eigenvalue weighted by Crippen LogP contribution is 2.40. The molecular formula is C10H16BrN3. The van der Waals surface area contributed by atoms with E-state index in [1.54, 1.807) is 0 Å². The van der Waals surface area contributed by atoms with Crippen LogP contribution in [0.1, 0.15) is 43.8 Å². The SMILES string of the molecule is CC(CN)n1ncc(Br)c1C1CCC1. The molecule has 3 nitrogen and oxygen atoms in total. The minimum Gasteiger partial charge on any atom is -0.328 e. The Morgan fingerprint density at radius 2 is 2.43 bits per heavy atom. The molecule has 1 aliphatic carbocycles. The van der Waals surface area contributed by atoms with Crippen molar-refractivity contribution >= 4 is 15.9 Å². The second kappa shape index (κ2) is 4.03. The Morgan fingerprint density at radius 3 is 2.93 bits per heavy atom. The zero-order valence-corrected chi connectivity index (χ0v) is 10.00. The summed E-state index contributed by atoms with van der Waals surface area (Å²) in [7, 11) is 0. The van der Waals surface area contributed by atoms with Crippen LogP contribution in [0, 0.1) is 0 Å². The highest BCUT2D eigenvalue weighted by molar-refractivity contribution is 9.10. The van der Waals surface area contributed by atoms with Gasteiger partial charge in [0.15, 0.2) is 0 Å². The van der Waals surface area contributed by atoms with Gasteiger partial charge >= 0.3 is 0 Å². The van der Waals surface area contributed by atoms with Crippen LogP contribution in [-0.2, 0) is 0 Å². The second-order valence-corrected chi connectivity index (χ2v) is 4.89. The molecule has 1 fully saturated rings. The van der Waals surface area contributed by atoms with Crippen LogP contribution in [0.4, 0.5) is 0 Å². The number of halogens is 1. The molecule has 1 heterocycles. The van der Waals surface area contributed by atoms with Crippen molar-refractivity contribution in [3.8, 4) is 0 Å². The zero-order chi connectivity index (χ0) is 10.1. The predicted molar refractivity (Wildman–Crippen MR) is 60.3 cm³/mol. The maximum absolute atomic E-state index is 5.67. The van der Waals surface area contributed by atoms with E-state index in [1.807, 2.05) is 6.20 Å². The summed E-state index contributed by atoms with van der Waals surface area (Å²) in [6.07, 6.45) is 5.82. The topological polar surface area (TPSA) is 43.8 Å². The maximum Gasteiger partial charge on any atom is 0.0635 e. The minimum absolute atomic E-state index is 0.303.